The summed E-state index contributed by atoms with van der Waals surface area (Å²) in [7, 11) is 0. The van der Waals surface area contributed by atoms with Crippen LogP contribution in [0, 0.1) is 11.8 Å². The largest absolute Gasteiger partial charge is 0.436 e. The van der Waals surface area contributed by atoms with E-state index in [1.807, 2.05) is 0 Å². The van der Waals surface area contributed by atoms with Crippen LogP contribution < -0.4 is 5.73 Å². The number of amidine groups is 1. The SMILES string of the molecule is CC1CCCC2(OC(=O)N=C2N)C1C. The van der Waals surface area contributed by atoms with E-state index in [1.165, 1.54) is 6.42 Å². The Morgan fingerprint density at radius 1 is 1.57 bits per heavy atom. The Kier molecular flexibility index (Phi) is 2.01. The van der Waals surface area contributed by atoms with Gasteiger partial charge in [0, 0.05) is 5.92 Å². The zero-order chi connectivity index (χ0) is 10.3. The van der Waals surface area contributed by atoms with Gasteiger partial charge in [-0.25, -0.2) is 4.79 Å². The van der Waals surface area contributed by atoms with Gasteiger partial charge in [0.05, 0.1) is 0 Å². The highest BCUT2D eigenvalue weighted by Crippen LogP contribution is 2.42. The predicted octanol–water partition coefficient (Wildman–Crippen LogP) is 1.69. The molecule has 0 aromatic heterocycles. The Labute approximate surface area is 83.5 Å². The minimum atomic E-state index is -0.589. The lowest BCUT2D eigenvalue weighted by molar-refractivity contribution is -0.00712. The van der Waals surface area contributed by atoms with Crippen molar-refractivity contribution < 1.29 is 9.53 Å². The van der Waals surface area contributed by atoms with Gasteiger partial charge in [0.15, 0.2) is 11.4 Å². The van der Waals surface area contributed by atoms with Crippen LogP contribution in [0.15, 0.2) is 4.99 Å². The number of ether oxygens (including phenoxy) is 1. The molecule has 1 aliphatic heterocycles. The molecule has 2 aliphatic rings. The summed E-state index contributed by atoms with van der Waals surface area (Å²) in [5.41, 5.74) is 5.20. The van der Waals surface area contributed by atoms with Gasteiger partial charge in [0.1, 0.15) is 0 Å². The van der Waals surface area contributed by atoms with Crippen LogP contribution in [0.5, 0.6) is 0 Å². The fourth-order valence-corrected chi connectivity index (χ4v) is 2.55. The molecule has 0 aromatic carbocycles. The molecule has 0 saturated heterocycles. The third-order valence-corrected chi connectivity index (χ3v) is 3.71. The highest BCUT2D eigenvalue weighted by Gasteiger charge is 2.51. The number of carbonyl (C=O) groups is 1. The molecular weight excluding hydrogens is 180 g/mol. The minimum absolute atomic E-state index is 0.270. The topological polar surface area (TPSA) is 64.7 Å². The van der Waals surface area contributed by atoms with Crippen LogP contribution in [0.4, 0.5) is 4.79 Å². The molecule has 1 aliphatic carbocycles. The van der Waals surface area contributed by atoms with Crippen LogP contribution in [-0.2, 0) is 4.74 Å². The quantitative estimate of drug-likeness (QED) is 0.641. The molecule has 0 radical (unpaired) electrons. The van der Waals surface area contributed by atoms with Gasteiger partial charge in [-0.1, -0.05) is 20.3 Å². The Morgan fingerprint density at radius 2 is 2.29 bits per heavy atom. The number of carbonyl (C=O) groups excluding carboxylic acids is 1. The van der Waals surface area contributed by atoms with Crippen LogP contribution in [0.2, 0.25) is 0 Å². The second-order valence-electron chi connectivity index (χ2n) is 4.41. The molecule has 3 atom stereocenters. The number of nitrogens with two attached hydrogens (primary N) is 1. The van der Waals surface area contributed by atoms with Gasteiger partial charge < -0.3 is 10.5 Å². The average molecular weight is 196 g/mol. The molecular formula is C10H16N2O2. The van der Waals surface area contributed by atoms with Gasteiger partial charge in [-0.15, -0.1) is 0 Å². The van der Waals surface area contributed by atoms with Gasteiger partial charge in [0.2, 0.25) is 0 Å². The molecule has 1 fully saturated rings. The van der Waals surface area contributed by atoms with Crippen molar-refractivity contribution in [2.75, 3.05) is 0 Å². The predicted molar refractivity (Wildman–Crippen MR) is 53.0 cm³/mol. The van der Waals surface area contributed by atoms with Gasteiger partial charge in [-0.3, -0.25) is 0 Å². The number of amides is 1. The monoisotopic (exact) mass is 196 g/mol. The van der Waals surface area contributed by atoms with Crippen molar-refractivity contribution in [2.45, 2.75) is 38.7 Å². The highest BCUT2D eigenvalue weighted by molar-refractivity contribution is 6.02. The van der Waals surface area contributed by atoms with E-state index in [0.717, 1.165) is 12.8 Å². The first kappa shape index (κ1) is 9.49. The van der Waals surface area contributed by atoms with E-state index in [2.05, 4.69) is 18.8 Å². The van der Waals surface area contributed by atoms with Gasteiger partial charge in [-0.2, -0.15) is 4.99 Å². The second kappa shape index (κ2) is 2.97. The molecule has 1 spiro atoms. The van der Waals surface area contributed by atoms with E-state index in [1.54, 1.807) is 0 Å². The lowest BCUT2D eigenvalue weighted by Crippen LogP contribution is -2.52. The molecule has 0 aromatic rings. The summed E-state index contributed by atoms with van der Waals surface area (Å²) in [6, 6.07) is 0. The molecule has 3 unspecified atom stereocenters. The van der Waals surface area contributed by atoms with E-state index in [4.69, 9.17) is 10.5 Å². The molecule has 78 valence electrons. The van der Waals surface area contributed by atoms with Crippen molar-refractivity contribution in [3.05, 3.63) is 0 Å². The lowest BCUT2D eigenvalue weighted by Gasteiger charge is -2.41. The summed E-state index contributed by atoms with van der Waals surface area (Å²) in [6.07, 6.45) is 2.52. The third kappa shape index (κ3) is 1.13. The maximum atomic E-state index is 11.1. The molecule has 1 amide bonds. The second-order valence-corrected chi connectivity index (χ2v) is 4.41. The zero-order valence-electron chi connectivity index (χ0n) is 8.62. The maximum Gasteiger partial charge on any atom is 0.436 e. The number of rotatable bonds is 0. The number of nitrogens with zero attached hydrogens (tertiary/aromatic N) is 1. The zero-order valence-corrected chi connectivity index (χ0v) is 8.62. The Hall–Kier alpha value is -1.06. The summed E-state index contributed by atoms with van der Waals surface area (Å²) in [4.78, 5) is 14.8. The fourth-order valence-electron chi connectivity index (χ4n) is 2.55. The van der Waals surface area contributed by atoms with Crippen LogP contribution in [0.3, 0.4) is 0 Å². The molecule has 1 heterocycles. The normalized spacial score (nSPS) is 42.4. The van der Waals surface area contributed by atoms with Crippen LogP contribution >= 0.6 is 0 Å². The highest BCUT2D eigenvalue weighted by atomic mass is 16.6. The van der Waals surface area contributed by atoms with Gasteiger partial charge in [-0.05, 0) is 18.8 Å². The summed E-state index contributed by atoms with van der Waals surface area (Å²) >= 11 is 0. The summed E-state index contributed by atoms with van der Waals surface area (Å²) < 4.78 is 5.32. The average Bonchev–Trinajstić information content (AvgIpc) is 2.39. The first-order valence-corrected chi connectivity index (χ1v) is 5.14. The van der Waals surface area contributed by atoms with Crippen molar-refractivity contribution >= 4 is 11.9 Å². The van der Waals surface area contributed by atoms with Crippen LogP contribution in [0.1, 0.15) is 33.1 Å². The molecule has 2 rings (SSSR count). The third-order valence-electron chi connectivity index (χ3n) is 3.71. The van der Waals surface area contributed by atoms with Gasteiger partial charge >= 0.3 is 6.09 Å². The Balaban J connectivity index is 2.31. The molecule has 0 bridgehead atoms. The van der Waals surface area contributed by atoms with Crippen molar-refractivity contribution in [3.63, 3.8) is 0 Å². The van der Waals surface area contributed by atoms with Gasteiger partial charge in [0.25, 0.3) is 0 Å². The summed E-state index contributed by atoms with van der Waals surface area (Å²) in [5, 5.41) is 0. The van der Waals surface area contributed by atoms with E-state index in [-0.39, 0.29) is 5.92 Å². The van der Waals surface area contributed by atoms with Crippen molar-refractivity contribution in [2.24, 2.45) is 22.6 Å². The standard InChI is InChI=1S/C10H16N2O2/c1-6-4-3-5-10(7(6)2)8(11)12-9(13)14-10/h6-7H,3-5H2,1-2H3,(H2,11,12,13). The molecule has 2 N–H and O–H groups in total. The van der Waals surface area contributed by atoms with Crippen molar-refractivity contribution in [1.29, 1.82) is 0 Å². The first-order chi connectivity index (χ1) is 6.56. The number of hydrogen-bond donors (Lipinski definition) is 1. The maximum absolute atomic E-state index is 11.1. The molecule has 4 heteroatoms. The Bertz CT molecular complexity index is 300. The number of hydrogen-bond acceptors (Lipinski definition) is 3. The fraction of sp³-hybridized carbons (Fsp3) is 0.800. The smallest absolute Gasteiger partial charge is 0.433 e. The summed E-state index contributed by atoms with van der Waals surface area (Å²) in [6.45, 7) is 4.26. The minimum Gasteiger partial charge on any atom is -0.433 e. The van der Waals surface area contributed by atoms with Crippen molar-refractivity contribution in [1.82, 2.24) is 0 Å². The Morgan fingerprint density at radius 3 is 2.86 bits per heavy atom. The van der Waals surface area contributed by atoms with E-state index < -0.39 is 11.7 Å². The molecule has 14 heavy (non-hydrogen) atoms. The van der Waals surface area contributed by atoms with E-state index >= 15 is 0 Å². The van der Waals surface area contributed by atoms with Crippen LogP contribution in [0.25, 0.3) is 0 Å². The van der Waals surface area contributed by atoms with E-state index in [0.29, 0.717) is 11.8 Å². The molecule has 1 saturated carbocycles. The summed E-state index contributed by atoms with van der Waals surface area (Å²) in [5.74, 6) is 1.18. The first-order valence-electron chi connectivity index (χ1n) is 5.14. The molecule has 4 nitrogen and oxygen atoms in total. The van der Waals surface area contributed by atoms with E-state index in [9.17, 15) is 4.79 Å². The lowest BCUT2D eigenvalue weighted by atomic mass is 9.70. The number of aliphatic imine (C=N–C) groups is 1. The van der Waals surface area contributed by atoms with Crippen LogP contribution in [-0.4, -0.2) is 17.5 Å². The van der Waals surface area contributed by atoms with Crippen molar-refractivity contribution in [3.8, 4) is 0 Å².